The van der Waals surface area contributed by atoms with Gasteiger partial charge in [0.05, 0.1) is 19.8 Å². The van der Waals surface area contributed by atoms with Crippen LogP contribution in [0.3, 0.4) is 0 Å². The molecular formula is C9H17F2NO2. The molecule has 0 bridgehead atoms. The molecule has 0 aromatic rings. The minimum Gasteiger partial charge on any atom is -0.379 e. The number of alkyl halides is 2. The summed E-state index contributed by atoms with van der Waals surface area (Å²) in [5, 5.41) is 0. The van der Waals surface area contributed by atoms with Gasteiger partial charge in [0.25, 0.3) is 5.92 Å². The maximum absolute atomic E-state index is 12.3. The highest BCUT2D eigenvalue weighted by molar-refractivity contribution is 4.61. The highest BCUT2D eigenvalue weighted by Crippen LogP contribution is 2.11. The van der Waals surface area contributed by atoms with Gasteiger partial charge in [0.2, 0.25) is 0 Å². The van der Waals surface area contributed by atoms with Gasteiger partial charge in [-0.05, 0) is 0 Å². The summed E-state index contributed by atoms with van der Waals surface area (Å²) >= 11 is 0. The number of rotatable bonds is 5. The van der Waals surface area contributed by atoms with Crippen LogP contribution in [0, 0.1) is 0 Å². The fourth-order valence-electron chi connectivity index (χ4n) is 1.27. The van der Waals surface area contributed by atoms with Crippen LogP contribution in [0.15, 0.2) is 0 Å². The zero-order valence-corrected chi connectivity index (χ0v) is 8.47. The topological polar surface area (TPSA) is 21.7 Å². The molecule has 1 rings (SSSR count). The van der Waals surface area contributed by atoms with E-state index in [9.17, 15) is 8.78 Å². The highest BCUT2D eigenvalue weighted by atomic mass is 19.3. The number of morpholine rings is 1. The molecule has 1 aliphatic rings. The number of hydrogen-bond acceptors (Lipinski definition) is 3. The van der Waals surface area contributed by atoms with Crippen molar-refractivity contribution < 1.29 is 18.3 Å². The number of ether oxygens (including phenoxy) is 2. The van der Waals surface area contributed by atoms with E-state index in [1.54, 1.807) is 0 Å². The van der Waals surface area contributed by atoms with Gasteiger partial charge < -0.3 is 9.47 Å². The molecule has 1 aliphatic heterocycles. The molecule has 84 valence electrons. The van der Waals surface area contributed by atoms with Gasteiger partial charge in [0, 0.05) is 26.6 Å². The third kappa shape index (κ3) is 5.47. The van der Waals surface area contributed by atoms with Crippen molar-refractivity contribution in [2.75, 3.05) is 46.1 Å². The maximum atomic E-state index is 12.3. The quantitative estimate of drug-likeness (QED) is 0.630. The summed E-state index contributed by atoms with van der Waals surface area (Å²) < 4.78 is 34.7. The van der Waals surface area contributed by atoms with E-state index in [1.165, 1.54) is 0 Å². The second-order valence-electron chi connectivity index (χ2n) is 3.58. The average molecular weight is 209 g/mol. The molecule has 0 aliphatic carbocycles. The van der Waals surface area contributed by atoms with Gasteiger partial charge in [0.1, 0.15) is 6.61 Å². The molecule has 0 spiro atoms. The van der Waals surface area contributed by atoms with E-state index in [2.05, 4.69) is 4.90 Å². The summed E-state index contributed by atoms with van der Waals surface area (Å²) in [7, 11) is 0. The Morgan fingerprint density at radius 3 is 2.57 bits per heavy atom. The molecule has 0 radical (unpaired) electrons. The Bertz CT molecular complexity index is 155. The van der Waals surface area contributed by atoms with E-state index < -0.39 is 12.5 Å². The Morgan fingerprint density at radius 2 is 2.00 bits per heavy atom. The van der Waals surface area contributed by atoms with Crippen molar-refractivity contribution in [3.8, 4) is 0 Å². The summed E-state index contributed by atoms with van der Waals surface area (Å²) in [6.45, 7) is 4.63. The SMILES string of the molecule is CC(F)(F)COCCN1CCOCC1. The highest BCUT2D eigenvalue weighted by Gasteiger charge is 2.21. The first-order valence-corrected chi connectivity index (χ1v) is 4.83. The van der Waals surface area contributed by atoms with Crippen LogP contribution in [0.2, 0.25) is 0 Å². The van der Waals surface area contributed by atoms with E-state index in [0.29, 0.717) is 13.2 Å². The van der Waals surface area contributed by atoms with Crippen LogP contribution in [0.25, 0.3) is 0 Å². The minimum atomic E-state index is -2.72. The molecule has 14 heavy (non-hydrogen) atoms. The molecule has 0 saturated carbocycles. The molecule has 0 aromatic carbocycles. The van der Waals surface area contributed by atoms with Crippen LogP contribution in [0.4, 0.5) is 8.78 Å². The van der Waals surface area contributed by atoms with Gasteiger partial charge in [-0.1, -0.05) is 0 Å². The van der Waals surface area contributed by atoms with Gasteiger partial charge in [-0.2, -0.15) is 0 Å². The van der Waals surface area contributed by atoms with Crippen molar-refractivity contribution in [3.63, 3.8) is 0 Å². The van der Waals surface area contributed by atoms with Crippen molar-refractivity contribution in [1.29, 1.82) is 0 Å². The molecule has 0 atom stereocenters. The second kappa shape index (κ2) is 5.58. The fourth-order valence-corrected chi connectivity index (χ4v) is 1.27. The molecule has 5 heteroatoms. The first kappa shape index (κ1) is 11.8. The van der Waals surface area contributed by atoms with Crippen molar-refractivity contribution in [3.05, 3.63) is 0 Å². The Morgan fingerprint density at radius 1 is 1.36 bits per heavy atom. The molecule has 1 fully saturated rings. The van der Waals surface area contributed by atoms with Gasteiger partial charge in [0.15, 0.2) is 0 Å². The molecular weight excluding hydrogens is 192 g/mol. The fraction of sp³-hybridized carbons (Fsp3) is 1.00. The second-order valence-corrected chi connectivity index (χ2v) is 3.58. The van der Waals surface area contributed by atoms with Crippen LogP contribution in [0.1, 0.15) is 6.92 Å². The zero-order valence-electron chi connectivity index (χ0n) is 8.47. The molecule has 0 aromatic heterocycles. The number of hydrogen-bond donors (Lipinski definition) is 0. The Kier molecular flexibility index (Phi) is 4.71. The lowest BCUT2D eigenvalue weighted by molar-refractivity contribution is -0.0684. The normalized spacial score (nSPS) is 19.9. The maximum Gasteiger partial charge on any atom is 0.268 e. The summed E-state index contributed by atoms with van der Waals surface area (Å²) in [4.78, 5) is 2.15. The van der Waals surface area contributed by atoms with Crippen LogP contribution >= 0.6 is 0 Å². The standard InChI is InChI=1S/C9H17F2NO2/c1-9(10,11)8-14-7-4-12-2-5-13-6-3-12/h2-8H2,1H3. The molecule has 0 amide bonds. The number of nitrogens with zero attached hydrogens (tertiary/aromatic N) is 1. The first-order valence-electron chi connectivity index (χ1n) is 4.83. The Labute approximate surface area is 83.0 Å². The molecule has 3 nitrogen and oxygen atoms in total. The van der Waals surface area contributed by atoms with E-state index in [-0.39, 0.29) is 0 Å². The van der Waals surface area contributed by atoms with Crippen molar-refractivity contribution >= 4 is 0 Å². The van der Waals surface area contributed by atoms with Crippen molar-refractivity contribution in [2.45, 2.75) is 12.8 Å². The summed E-state index contributed by atoms with van der Waals surface area (Å²) in [5.41, 5.74) is 0. The lowest BCUT2D eigenvalue weighted by Crippen LogP contribution is -2.38. The smallest absolute Gasteiger partial charge is 0.268 e. The van der Waals surface area contributed by atoms with E-state index in [0.717, 1.165) is 33.2 Å². The van der Waals surface area contributed by atoms with Gasteiger partial charge in [-0.25, -0.2) is 8.78 Å². The molecule has 0 unspecified atom stereocenters. The largest absolute Gasteiger partial charge is 0.379 e. The van der Waals surface area contributed by atoms with E-state index in [1.807, 2.05) is 0 Å². The predicted molar refractivity (Wildman–Crippen MR) is 48.7 cm³/mol. The van der Waals surface area contributed by atoms with Crippen LogP contribution in [0.5, 0.6) is 0 Å². The third-order valence-corrected chi connectivity index (χ3v) is 2.01. The van der Waals surface area contributed by atoms with Crippen LogP contribution in [-0.4, -0.2) is 56.9 Å². The van der Waals surface area contributed by atoms with Gasteiger partial charge >= 0.3 is 0 Å². The summed E-state index contributed by atoms with van der Waals surface area (Å²) in [6.07, 6.45) is 0. The zero-order chi connectivity index (χ0) is 10.4. The van der Waals surface area contributed by atoms with Crippen LogP contribution in [-0.2, 0) is 9.47 Å². The molecule has 1 heterocycles. The average Bonchev–Trinajstić information content (AvgIpc) is 2.13. The molecule has 1 saturated heterocycles. The third-order valence-electron chi connectivity index (χ3n) is 2.01. The van der Waals surface area contributed by atoms with Crippen molar-refractivity contribution in [2.24, 2.45) is 0 Å². The summed E-state index contributed by atoms with van der Waals surface area (Å²) in [5.74, 6) is -2.72. The van der Waals surface area contributed by atoms with Crippen LogP contribution < -0.4 is 0 Å². The van der Waals surface area contributed by atoms with E-state index in [4.69, 9.17) is 9.47 Å². The summed E-state index contributed by atoms with van der Waals surface area (Å²) in [6, 6.07) is 0. The monoisotopic (exact) mass is 209 g/mol. The van der Waals surface area contributed by atoms with E-state index >= 15 is 0 Å². The lowest BCUT2D eigenvalue weighted by atomic mass is 10.4. The minimum absolute atomic E-state index is 0.365. The number of halogens is 2. The van der Waals surface area contributed by atoms with Crippen molar-refractivity contribution in [1.82, 2.24) is 4.90 Å². The predicted octanol–water partition coefficient (Wildman–Crippen LogP) is 0.990. The van der Waals surface area contributed by atoms with Gasteiger partial charge in [-0.15, -0.1) is 0 Å². The lowest BCUT2D eigenvalue weighted by Gasteiger charge is -2.26. The molecule has 0 N–H and O–H groups in total. The first-order chi connectivity index (χ1) is 6.58. The Hall–Kier alpha value is -0.260. The Balaban J connectivity index is 1.97. The van der Waals surface area contributed by atoms with Gasteiger partial charge in [-0.3, -0.25) is 4.90 Å².